The molecule has 1 fully saturated rings. The molecular weight excluding hydrogens is 378 g/mol. The molecule has 0 saturated carbocycles. The molecule has 1 aliphatic heterocycles. The first-order valence-electron chi connectivity index (χ1n) is 8.21. The number of amides is 1. The molecule has 1 saturated heterocycles. The maximum Gasteiger partial charge on any atom is 0.286 e. The van der Waals surface area contributed by atoms with Crippen molar-refractivity contribution in [1.29, 1.82) is 0 Å². The Balaban J connectivity index is 1.74. The zero-order valence-corrected chi connectivity index (χ0v) is 16.9. The van der Waals surface area contributed by atoms with E-state index in [1.807, 2.05) is 67.5 Å². The fraction of sp³-hybridized carbons (Fsp3) is 0.150. The van der Waals surface area contributed by atoms with Gasteiger partial charge in [0, 0.05) is 19.8 Å². The lowest BCUT2D eigenvalue weighted by atomic mass is 10.2. The Hall–Kier alpha value is -2.64. The molecule has 0 bridgehead atoms. The van der Waals surface area contributed by atoms with E-state index in [0.717, 1.165) is 22.6 Å². The van der Waals surface area contributed by atoms with Crippen molar-refractivity contribution >= 4 is 52.2 Å². The summed E-state index contributed by atoms with van der Waals surface area (Å²) in [5.74, 6) is 0.548. The van der Waals surface area contributed by atoms with Crippen LogP contribution in [0.3, 0.4) is 0 Å². The number of ether oxygens (including phenoxy) is 1. The topological polar surface area (TPSA) is 45.1 Å². The smallest absolute Gasteiger partial charge is 0.286 e. The van der Waals surface area contributed by atoms with Crippen LogP contribution in [0.15, 0.2) is 58.5 Å². The van der Waals surface area contributed by atoms with Gasteiger partial charge < -0.3 is 9.64 Å². The standard InChI is InChI=1S/C20H19N3O2S2/c1-22(2)16-8-4-15(5-9-16)13-21-23-19(24)18(27-20(23)26)12-14-6-10-17(25-3)11-7-14/h4-13H,1-3H3. The Morgan fingerprint density at radius 3 is 2.30 bits per heavy atom. The summed E-state index contributed by atoms with van der Waals surface area (Å²) >= 11 is 6.55. The van der Waals surface area contributed by atoms with E-state index in [2.05, 4.69) is 5.10 Å². The first-order valence-corrected chi connectivity index (χ1v) is 9.44. The van der Waals surface area contributed by atoms with Crippen LogP contribution in [0.2, 0.25) is 0 Å². The van der Waals surface area contributed by atoms with Crippen LogP contribution < -0.4 is 9.64 Å². The molecule has 0 aromatic heterocycles. The molecule has 0 aliphatic carbocycles. The van der Waals surface area contributed by atoms with Gasteiger partial charge in [-0.15, -0.1) is 0 Å². The van der Waals surface area contributed by atoms with Crippen LogP contribution in [0.4, 0.5) is 5.69 Å². The molecular formula is C20H19N3O2S2. The van der Waals surface area contributed by atoms with Crippen LogP contribution in [-0.2, 0) is 4.79 Å². The van der Waals surface area contributed by atoms with Gasteiger partial charge in [0.25, 0.3) is 5.91 Å². The second-order valence-corrected chi connectivity index (χ2v) is 7.67. The second-order valence-electron chi connectivity index (χ2n) is 6.00. The molecule has 5 nitrogen and oxygen atoms in total. The Labute approximate surface area is 168 Å². The molecule has 138 valence electrons. The summed E-state index contributed by atoms with van der Waals surface area (Å²) in [7, 11) is 5.59. The Morgan fingerprint density at radius 1 is 1.07 bits per heavy atom. The number of rotatable bonds is 5. The van der Waals surface area contributed by atoms with Crippen molar-refractivity contribution in [2.45, 2.75) is 0 Å². The first-order chi connectivity index (χ1) is 13.0. The van der Waals surface area contributed by atoms with Crippen LogP contribution in [0.25, 0.3) is 6.08 Å². The average molecular weight is 398 g/mol. The van der Waals surface area contributed by atoms with Gasteiger partial charge in [-0.25, -0.2) is 0 Å². The lowest BCUT2D eigenvalue weighted by Gasteiger charge is -2.12. The predicted molar refractivity (Wildman–Crippen MR) is 116 cm³/mol. The van der Waals surface area contributed by atoms with E-state index in [-0.39, 0.29) is 5.91 Å². The minimum atomic E-state index is -0.220. The highest BCUT2D eigenvalue weighted by atomic mass is 32.2. The lowest BCUT2D eigenvalue weighted by Crippen LogP contribution is -2.22. The molecule has 0 unspecified atom stereocenters. The van der Waals surface area contributed by atoms with Gasteiger partial charge in [-0.3, -0.25) is 4.79 Å². The van der Waals surface area contributed by atoms with E-state index in [4.69, 9.17) is 17.0 Å². The van der Waals surface area contributed by atoms with E-state index in [0.29, 0.717) is 9.23 Å². The van der Waals surface area contributed by atoms with Gasteiger partial charge in [-0.05, 0) is 53.7 Å². The van der Waals surface area contributed by atoms with Crippen LogP contribution in [0.1, 0.15) is 11.1 Å². The van der Waals surface area contributed by atoms with E-state index < -0.39 is 0 Å². The number of methoxy groups -OCH3 is 1. The van der Waals surface area contributed by atoms with Gasteiger partial charge >= 0.3 is 0 Å². The molecule has 0 spiro atoms. The summed E-state index contributed by atoms with van der Waals surface area (Å²) in [6.07, 6.45) is 3.45. The maximum absolute atomic E-state index is 12.6. The molecule has 1 heterocycles. The summed E-state index contributed by atoms with van der Waals surface area (Å²) in [6, 6.07) is 15.4. The number of carbonyl (C=O) groups excluding carboxylic acids is 1. The van der Waals surface area contributed by atoms with Gasteiger partial charge in [0.2, 0.25) is 0 Å². The molecule has 0 radical (unpaired) electrons. The van der Waals surface area contributed by atoms with Gasteiger partial charge in [0.05, 0.1) is 18.2 Å². The van der Waals surface area contributed by atoms with Crippen molar-refractivity contribution < 1.29 is 9.53 Å². The van der Waals surface area contributed by atoms with Crippen molar-refractivity contribution in [2.24, 2.45) is 5.10 Å². The zero-order chi connectivity index (χ0) is 19.4. The molecule has 3 rings (SSSR count). The normalized spacial score (nSPS) is 15.8. The number of thioether (sulfide) groups is 1. The summed E-state index contributed by atoms with van der Waals surface area (Å²) in [4.78, 5) is 15.2. The largest absolute Gasteiger partial charge is 0.497 e. The molecule has 2 aromatic carbocycles. The highest BCUT2D eigenvalue weighted by molar-refractivity contribution is 8.26. The molecule has 27 heavy (non-hydrogen) atoms. The monoisotopic (exact) mass is 397 g/mol. The van der Waals surface area contributed by atoms with E-state index in [1.165, 1.54) is 16.8 Å². The number of benzene rings is 2. The number of anilines is 1. The van der Waals surface area contributed by atoms with Crippen LogP contribution >= 0.6 is 24.0 Å². The van der Waals surface area contributed by atoms with E-state index >= 15 is 0 Å². The number of hydrogen-bond acceptors (Lipinski definition) is 6. The molecule has 0 atom stereocenters. The molecule has 1 aliphatic rings. The highest BCUT2D eigenvalue weighted by Gasteiger charge is 2.31. The molecule has 1 amide bonds. The average Bonchev–Trinajstić information content (AvgIpc) is 2.94. The summed E-state index contributed by atoms with van der Waals surface area (Å²) < 4.78 is 5.56. The van der Waals surface area contributed by atoms with Crippen LogP contribution in [0, 0.1) is 0 Å². The molecule has 0 N–H and O–H groups in total. The van der Waals surface area contributed by atoms with E-state index in [9.17, 15) is 4.79 Å². The number of thiocarbonyl (C=S) groups is 1. The predicted octanol–water partition coefficient (Wildman–Crippen LogP) is 4.00. The van der Waals surface area contributed by atoms with Gasteiger partial charge in [0.1, 0.15) is 5.75 Å². The number of hydrogen-bond donors (Lipinski definition) is 0. The highest BCUT2D eigenvalue weighted by Crippen LogP contribution is 2.33. The van der Waals surface area contributed by atoms with Gasteiger partial charge in [-0.1, -0.05) is 36.0 Å². The fourth-order valence-corrected chi connectivity index (χ4v) is 3.57. The van der Waals surface area contributed by atoms with Crippen molar-refractivity contribution in [3.8, 4) is 5.75 Å². The Bertz CT molecular complexity index is 904. The van der Waals surface area contributed by atoms with Gasteiger partial charge in [0.15, 0.2) is 4.32 Å². The second kappa shape index (κ2) is 8.37. The van der Waals surface area contributed by atoms with Crippen molar-refractivity contribution in [1.82, 2.24) is 5.01 Å². The van der Waals surface area contributed by atoms with Crippen LogP contribution in [-0.4, -0.2) is 42.7 Å². The molecule has 2 aromatic rings. The quantitative estimate of drug-likeness (QED) is 0.434. The van der Waals surface area contributed by atoms with E-state index in [1.54, 1.807) is 19.4 Å². The minimum absolute atomic E-state index is 0.220. The van der Waals surface area contributed by atoms with Crippen LogP contribution in [0.5, 0.6) is 5.75 Å². The zero-order valence-electron chi connectivity index (χ0n) is 15.2. The number of carbonyl (C=O) groups is 1. The third kappa shape index (κ3) is 4.56. The Kier molecular flexibility index (Phi) is 5.93. The van der Waals surface area contributed by atoms with Crippen molar-refractivity contribution in [3.63, 3.8) is 0 Å². The first kappa shape index (κ1) is 19.1. The fourth-order valence-electron chi connectivity index (χ4n) is 2.39. The third-order valence-corrected chi connectivity index (χ3v) is 5.20. The molecule has 7 heteroatoms. The summed E-state index contributed by atoms with van der Waals surface area (Å²) in [6.45, 7) is 0. The summed E-state index contributed by atoms with van der Waals surface area (Å²) in [5.41, 5.74) is 2.90. The minimum Gasteiger partial charge on any atom is -0.497 e. The Morgan fingerprint density at radius 2 is 1.70 bits per heavy atom. The van der Waals surface area contributed by atoms with Crippen molar-refractivity contribution in [3.05, 3.63) is 64.6 Å². The summed E-state index contributed by atoms with van der Waals surface area (Å²) in [5, 5.41) is 5.53. The maximum atomic E-state index is 12.6. The number of hydrazone groups is 1. The third-order valence-electron chi connectivity index (χ3n) is 3.92. The van der Waals surface area contributed by atoms with Crippen molar-refractivity contribution in [2.75, 3.05) is 26.1 Å². The SMILES string of the molecule is COc1ccc(C=C2SC(=S)N(N=Cc3ccc(N(C)C)cc3)C2=O)cc1. The number of nitrogens with zero attached hydrogens (tertiary/aromatic N) is 3. The lowest BCUT2D eigenvalue weighted by molar-refractivity contribution is -0.122. The van der Waals surface area contributed by atoms with Gasteiger partial charge in [-0.2, -0.15) is 10.1 Å².